The van der Waals surface area contributed by atoms with Gasteiger partial charge in [0.05, 0.1) is 5.56 Å². The fourth-order valence-corrected chi connectivity index (χ4v) is 2.98. The van der Waals surface area contributed by atoms with Gasteiger partial charge >= 0.3 is 0 Å². The van der Waals surface area contributed by atoms with Crippen molar-refractivity contribution in [2.45, 2.75) is 65.2 Å². The van der Waals surface area contributed by atoms with Gasteiger partial charge in [0.25, 0.3) is 5.91 Å². The first-order valence-electron chi connectivity index (χ1n) is 8.20. The number of rotatable bonds is 10. The maximum absolute atomic E-state index is 12.1. The third kappa shape index (κ3) is 7.30. The molecule has 0 aliphatic carbocycles. The fraction of sp³-hybridized carbons (Fsp3) is 0.611. The number of halogens is 1. The van der Waals surface area contributed by atoms with Crippen LogP contribution in [0.3, 0.4) is 0 Å². The van der Waals surface area contributed by atoms with Gasteiger partial charge in [-0.2, -0.15) is 0 Å². The molecule has 21 heavy (non-hydrogen) atoms. The average molecular weight is 401 g/mol. The maximum atomic E-state index is 12.1. The number of benzene rings is 1. The minimum absolute atomic E-state index is 0.0612. The van der Waals surface area contributed by atoms with Crippen molar-refractivity contribution in [3.05, 3.63) is 32.9 Å². The molecule has 1 rings (SSSR count). The van der Waals surface area contributed by atoms with Crippen LogP contribution in [0.2, 0.25) is 0 Å². The first kappa shape index (κ1) is 18.5. The molecule has 1 aromatic rings. The molecule has 1 N–H and O–H groups in total. The Morgan fingerprint density at radius 1 is 1.05 bits per heavy atom. The first-order valence-corrected chi connectivity index (χ1v) is 9.28. The summed E-state index contributed by atoms with van der Waals surface area (Å²) in [5.41, 5.74) is 1.96. The highest BCUT2D eigenvalue weighted by Crippen LogP contribution is 2.16. The molecule has 0 aliphatic rings. The molecule has 1 amide bonds. The first-order chi connectivity index (χ1) is 10.2. The van der Waals surface area contributed by atoms with Gasteiger partial charge in [-0.3, -0.25) is 4.79 Å². The van der Waals surface area contributed by atoms with Crippen LogP contribution in [0.4, 0.5) is 0 Å². The third-order valence-electron chi connectivity index (χ3n) is 3.75. The van der Waals surface area contributed by atoms with E-state index in [1.54, 1.807) is 0 Å². The van der Waals surface area contributed by atoms with Crippen LogP contribution in [0.15, 0.2) is 18.2 Å². The summed E-state index contributed by atoms with van der Waals surface area (Å²) in [5.74, 6) is 0.0612. The van der Waals surface area contributed by atoms with E-state index in [-0.39, 0.29) is 5.91 Å². The number of hydrogen-bond donors (Lipinski definition) is 1. The van der Waals surface area contributed by atoms with Crippen LogP contribution in [0.25, 0.3) is 0 Å². The van der Waals surface area contributed by atoms with Gasteiger partial charge in [0.15, 0.2) is 0 Å². The Bertz CT molecular complexity index is 431. The molecule has 1 aromatic carbocycles. The summed E-state index contributed by atoms with van der Waals surface area (Å²) in [5, 5.41) is 3.03. The van der Waals surface area contributed by atoms with Crippen LogP contribution < -0.4 is 5.32 Å². The van der Waals surface area contributed by atoms with Gasteiger partial charge in [-0.05, 0) is 47.6 Å². The van der Waals surface area contributed by atoms with Crippen LogP contribution in [0.5, 0.6) is 0 Å². The number of amides is 1. The molecule has 118 valence electrons. The van der Waals surface area contributed by atoms with E-state index < -0.39 is 0 Å². The quantitative estimate of drug-likeness (QED) is 0.409. The molecule has 0 unspecified atom stereocenters. The molecule has 0 atom stereocenters. The largest absolute Gasteiger partial charge is 0.352 e. The van der Waals surface area contributed by atoms with Gasteiger partial charge in [0, 0.05) is 10.1 Å². The van der Waals surface area contributed by atoms with Crippen molar-refractivity contribution in [1.29, 1.82) is 0 Å². The van der Waals surface area contributed by atoms with Crippen LogP contribution in [-0.2, 0) is 0 Å². The lowest BCUT2D eigenvalue weighted by Crippen LogP contribution is -2.25. The second kappa shape index (κ2) is 11.0. The smallest absolute Gasteiger partial charge is 0.252 e. The number of unbranched alkanes of at least 4 members (excludes halogenated alkanes) is 7. The van der Waals surface area contributed by atoms with E-state index in [4.69, 9.17) is 0 Å². The molecule has 0 fully saturated rings. The number of hydrogen-bond acceptors (Lipinski definition) is 1. The number of nitrogens with one attached hydrogen (secondary N) is 1. The second-order valence-electron chi connectivity index (χ2n) is 5.67. The molecule has 0 aliphatic heterocycles. The molecule has 3 heteroatoms. The summed E-state index contributed by atoms with van der Waals surface area (Å²) < 4.78 is 1.06. The number of carbonyl (C=O) groups excluding carboxylic acids is 1. The lowest BCUT2D eigenvalue weighted by atomic mass is 10.1. The van der Waals surface area contributed by atoms with Crippen molar-refractivity contribution in [2.24, 2.45) is 0 Å². The summed E-state index contributed by atoms with van der Waals surface area (Å²) in [6.45, 7) is 5.08. The molecule has 0 radical (unpaired) electrons. The molecule has 0 saturated heterocycles. The minimum atomic E-state index is 0.0612. The molecule has 0 spiro atoms. The molecular formula is C18H28INO. The van der Waals surface area contributed by atoms with E-state index in [1.165, 1.54) is 44.9 Å². The van der Waals surface area contributed by atoms with Gasteiger partial charge in [-0.25, -0.2) is 0 Å². The maximum Gasteiger partial charge on any atom is 0.252 e. The Balaban J connectivity index is 2.13. The van der Waals surface area contributed by atoms with Crippen molar-refractivity contribution in [2.75, 3.05) is 6.54 Å². The van der Waals surface area contributed by atoms with Gasteiger partial charge < -0.3 is 5.32 Å². The van der Waals surface area contributed by atoms with Gasteiger partial charge in [-0.1, -0.05) is 64.0 Å². The molecule has 0 bridgehead atoms. The van der Waals surface area contributed by atoms with E-state index in [9.17, 15) is 4.79 Å². The fourth-order valence-electron chi connectivity index (χ4n) is 2.38. The minimum Gasteiger partial charge on any atom is -0.352 e. The van der Waals surface area contributed by atoms with E-state index in [2.05, 4.69) is 34.8 Å². The van der Waals surface area contributed by atoms with Crippen molar-refractivity contribution in [3.8, 4) is 0 Å². The number of carbonyl (C=O) groups is 1. The van der Waals surface area contributed by atoms with Crippen molar-refractivity contribution in [1.82, 2.24) is 5.32 Å². The zero-order chi connectivity index (χ0) is 15.5. The van der Waals surface area contributed by atoms with E-state index in [1.807, 2.05) is 25.1 Å². The zero-order valence-electron chi connectivity index (χ0n) is 13.4. The standard InChI is InChI=1S/C18H28INO/c1-3-4-5-6-7-8-9-10-14-20-18(21)16-13-11-12-15(2)17(16)19/h11-13H,3-10,14H2,1-2H3,(H,20,21). The lowest BCUT2D eigenvalue weighted by molar-refractivity contribution is 0.0952. The third-order valence-corrected chi connectivity index (χ3v) is 5.18. The Hall–Kier alpha value is -0.580. The second-order valence-corrected chi connectivity index (χ2v) is 6.75. The van der Waals surface area contributed by atoms with Crippen LogP contribution in [-0.4, -0.2) is 12.5 Å². The highest BCUT2D eigenvalue weighted by molar-refractivity contribution is 14.1. The summed E-state index contributed by atoms with van der Waals surface area (Å²) in [6.07, 6.45) is 10.3. The van der Waals surface area contributed by atoms with E-state index in [0.717, 1.165) is 27.7 Å². The van der Waals surface area contributed by atoms with Gasteiger partial charge in [-0.15, -0.1) is 0 Å². The highest BCUT2D eigenvalue weighted by atomic mass is 127. The van der Waals surface area contributed by atoms with Crippen molar-refractivity contribution >= 4 is 28.5 Å². The van der Waals surface area contributed by atoms with Gasteiger partial charge in [0.2, 0.25) is 0 Å². The van der Waals surface area contributed by atoms with Crippen LogP contribution >= 0.6 is 22.6 Å². The summed E-state index contributed by atoms with van der Waals surface area (Å²) in [6, 6.07) is 5.89. The van der Waals surface area contributed by atoms with Gasteiger partial charge in [0.1, 0.15) is 0 Å². The normalized spacial score (nSPS) is 10.6. The highest BCUT2D eigenvalue weighted by Gasteiger charge is 2.10. The van der Waals surface area contributed by atoms with E-state index in [0.29, 0.717) is 0 Å². The molecule has 0 aromatic heterocycles. The lowest BCUT2D eigenvalue weighted by Gasteiger charge is -2.08. The molecular weight excluding hydrogens is 373 g/mol. The average Bonchev–Trinajstić information content (AvgIpc) is 2.48. The zero-order valence-corrected chi connectivity index (χ0v) is 15.5. The molecule has 0 heterocycles. The predicted octanol–water partition coefficient (Wildman–Crippen LogP) is 5.47. The SMILES string of the molecule is CCCCCCCCCCNC(=O)c1cccc(C)c1I. The van der Waals surface area contributed by atoms with Crippen LogP contribution in [0, 0.1) is 10.5 Å². The Morgan fingerprint density at radius 3 is 2.33 bits per heavy atom. The Morgan fingerprint density at radius 2 is 1.67 bits per heavy atom. The number of aryl methyl sites for hydroxylation is 1. The summed E-state index contributed by atoms with van der Waals surface area (Å²) in [7, 11) is 0. The predicted molar refractivity (Wildman–Crippen MR) is 98.8 cm³/mol. The van der Waals surface area contributed by atoms with Crippen molar-refractivity contribution < 1.29 is 4.79 Å². The molecule has 0 saturated carbocycles. The summed E-state index contributed by atoms with van der Waals surface area (Å²) in [4.78, 5) is 12.1. The van der Waals surface area contributed by atoms with Crippen molar-refractivity contribution in [3.63, 3.8) is 0 Å². The van der Waals surface area contributed by atoms with Crippen LogP contribution in [0.1, 0.15) is 74.2 Å². The topological polar surface area (TPSA) is 29.1 Å². The Labute approximate surface area is 143 Å². The Kier molecular flexibility index (Phi) is 9.72. The monoisotopic (exact) mass is 401 g/mol. The molecule has 2 nitrogen and oxygen atoms in total. The van der Waals surface area contributed by atoms with E-state index >= 15 is 0 Å². The summed E-state index contributed by atoms with van der Waals surface area (Å²) >= 11 is 2.25.